The van der Waals surface area contributed by atoms with E-state index >= 15 is 0 Å². The predicted octanol–water partition coefficient (Wildman–Crippen LogP) is 3.44. The van der Waals surface area contributed by atoms with E-state index in [4.69, 9.17) is 0 Å². The second-order valence-corrected chi connectivity index (χ2v) is 8.03. The molecule has 2 heterocycles. The van der Waals surface area contributed by atoms with Gasteiger partial charge in [0, 0.05) is 29.3 Å². The minimum atomic E-state index is -4.36. The highest BCUT2D eigenvalue weighted by Gasteiger charge is 2.38. The van der Waals surface area contributed by atoms with Gasteiger partial charge in [0.2, 0.25) is 5.91 Å². The Morgan fingerprint density at radius 3 is 2.36 bits per heavy atom. The van der Waals surface area contributed by atoms with Gasteiger partial charge in [-0.1, -0.05) is 0 Å². The number of likely N-dealkylation sites (tertiary alicyclic amines) is 1. The van der Waals surface area contributed by atoms with Crippen LogP contribution >= 0.6 is 23.5 Å². The van der Waals surface area contributed by atoms with Gasteiger partial charge in [-0.05, 0) is 48.9 Å². The molecule has 0 saturated carbocycles. The molecule has 3 rings (SSSR count). The molecule has 1 atom stereocenters. The van der Waals surface area contributed by atoms with Crippen LogP contribution in [0.5, 0.6) is 0 Å². The summed E-state index contributed by atoms with van der Waals surface area (Å²) in [6, 6.07) is 4.85. The van der Waals surface area contributed by atoms with Gasteiger partial charge in [-0.2, -0.15) is 13.2 Å². The molecule has 25 heavy (non-hydrogen) atoms. The summed E-state index contributed by atoms with van der Waals surface area (Å²) in [6.07, 6.45) is 1.97. The summed E-state index contributed by atoms with van der Waals surface area (Å²) in [6.45, 7) is 1.46. The predicted molar refractivity (Wildman–Crippen MR) is 91.5 cm³/mol. The Morgan fingerprint density at radius 1 is 1.12 bits per heavy atom. The van der Waals surface area contributed by atoms with Gasteiger partial charge in [0.15, 0.2) is 0 Å². The van der Waals surface area contributed by atoms with E-state index in [0.717, 1.165) is 25.9 Å². The highest BCUT2D eigenvalue weighted by Crippen LogP contribution is 2.37. The van der Waals surface area contributed by atoms with Crippen molar-refractivity contribution in [2.45, 2.75) is 29.3 Å². The van der Waals surface area contributed by atoms with Crippen LogP contribution in [0.2, 0.25) is 0 Å². The maximum Gasteiger partial charge on any atom is 0.446 e. The first-order valence-corrected chi connectivity index (χ1v) is 9.85. The minimum Gasteiger partial charge on any atom is -0.341 e. The molecule has 9 heteroatoms. The topological polar surface area (TPSA) is 40.6 Å². The quantitative estimate of drug-likeness (QED) is 0.742. The van der Waals surface area contributed by atoms with Crippen molar-refractivity contribution in [2.24, 2.45) is 0 Å². The highest BCUT2D eigenvalue weighted by atomic mass is 32.2. The summed E-state index contributed by atoms with van der Waals surface area (Å²) in [5.41, 5.74) is -4.06. The lowest BCUT2D eigenvalue weighted by Gasteiger charge is -2.27. The Kier molecular flexibility index (Phi) is 5.52. The van der Waals surface area contributed by atoms with Crippen LogP contribution in [0.25, 0.3) is 0 Å². The Bertz CT molecular complexity index is 646. The molecule has 1 aromatic rings. The first kappa shape index (κ1) is 18.4. The van der Waals surface area contributed by atoms with Crippen LogP contribution in [0.15, 0.2) is 29.2 Å². The smallest absolute Gasteiger partial charge is 0.341 e. The van der Waals surface area contributed by atoms with E-state index in [9.17, 15) is 22.8 Å². The number of amides is 2. The highest BCUT2D eigenvalue weighted by molar-refractivity contribution is 8.00. The van der Waals surface area contributed by atoms with Gasteiger partial charge in [-0.15, -0.1) is 11.8 Å². The number of halogens is 3. The molecule has 0 aliphatic carbocycles. The molecular formula is C16H17F3N2O2S2. The molecule has 0 bridgehead atoms. The van der Waals surface area contributed by atoms with E-state index in [1.54, 1.807) is 4.90 Å². The maximum atomic E-state index is 12.7. The maximum absolute atomic E-state index is 12.7. The van der Waals surface area contributed by atoms with Gasteiger partial charge >= 0.3 is 5.51 Å². The summed E-state index contributed by atoms with van der Waals surface area (Å²) in [5.74, 6) is 0.636. The number of carbonyl (C=O) groups is 2. The lowest BCUT2D eigenvalue weighted by atomic mass is 10.1. The van der Waals surface area contributed by atoms with E-state index in [1.165, 1.54) is 40.9 Å². The first-order chi connectivity index (χ1) is 11.8. The molecule has 136 valence electrons. The summed E-state index contributed by atoms with van der Waals surface area (Å²) in [4.78, 5) is 28.6. The summed E-state index contributed by atoms with van der Waals surface area (Å²) < 4.78 is 37.1. The van der Waals surface area contributed by atoms with Gasteiger partial charge in [0.1, 0.15) is 6.04 Å². The molecule has 0 spiro atoms. The third kappa shape index (κ3) is 4.44. The molecule has 4 nitrogen and oxygen atoms in total. The van der Waals surface area contributed by atoms with Gasteiger partial charge in [0.25, 0.3) is 5.91 Å². The van der Waals surface area contributed by atoms with Crippen LogP contribution in [-0.4, -0.2) is 57.9 Å². The molecule has 0 radical (unpaired) electrons. The average Bonchev–Trinajstić information content (AvgIpc) is 3.24. The molecule has 0 aromatic heterocycles. The van der Waals surface area contributed by atoms with Crippen molar-refractivity contribution < 1.29 is 22.8 Å². The minimum absolute atomic E-state index is 0.0277. The van der Waals surface area contributed by atoms with Crippen LogP contribution in [0.3, 0.4) is 0 Å². The van der Waals surface area contributed by atoms with Crippen LogP contribution in [0, 0.1) is 0 Å². The molecule has 0 N–H and O–H groups in total. The van der Waals surface area contributed by atoms with Crippen LogP contribution in [-0.2, 0) is 4.79 Å². The van der Waals surface area contributed by atoms with E-state index in [0.29, 0.717) is 17.2 Å². The van der Waals surface area contributed by atoms with Gasteiger partial charge < -0.3 is 9.80 Å². The summed E-state index contributed by atoms with van der Waals surface area (Å²) in [7, 11) is 0. The van der Waals surface area contributed by atoms with E-state index in [-0.39, 0.29) is 28.5 Å². The molecule has 2 aliphatic rings. The lowest BCUT2D eigenvalue weighted by Crippen LogP contribution is -2.48. The molecule has 2 saturated heterocycles. The fourth-order valence-electron chi connectivity index (χ4n) is 2.96. The largest absolute Gasteiger partial charge is 0.446 e. The van der Waals surface area contributed by atoms with Crippen molar-refractivity contribution in [1.82, 2.24) is 9.80 Å². The number of benzene rings is 1. The number of nitrogens with zero attached hydrogens (tertiary/aromatic N) is 2. The third-order valence-corrected chi connectivity index (χ3v) is 5.93. The average molecular weight is 390 g/mol. The third-order valence-electron chi connectivity index (χ3n) is 4.18. The Morgan fingerprint density at radius 2 is 1.76 bits per heavy atom. The number of rotatable bonds is 3. The van der Waals surface area contributed by atoms with Crippen molar-refractivity contribution in [3.8, 4) is 0 Å². The van der Waals surface area contributed by atoms with E-state index in [1.807, 2.05) is 0 Å². The van der Waals surface area contributed by atoms with Crippen LogP contribution in [0.1, 0.15) is 23.2 Å². The van der Waals surface area contributed by atoms with Crippen molar-refractivity contribution in [1.29, 1.82) is 0 Å². The second kappa shape index (κ2) is 7.49. The van der Waals surface area contributed by atoms with Gasteiger partial charge in [0.05, 0.1) is 5.88 Å². The SMILES string of the molecule is O=C(C1CSCN1C(=O)c1ccc(SC(F)(F)F)cc1)N1CCCC1. The molecule has 2 aliphatic heterocycles. The van der Waals surface area contributed by atoms with Crippen molar-refractivity contribution >= 4 is 35.3 Å². The van der Waals surface area contributed by atoms with Crippen LogP contribution < -0.4 is 0 Å². The fraction of sp³-hybridized carbons (Fsp3) is 0.500. The zero-order valence-corrected chi connectivity index (χ0v) is 14.9. The van der Waals surface area contributed by atoms with E-state index in [2.05, 4.69) is 0 Å². The lowest BCUT2D eigenvalue weighted by molar-refractivity contribution is -0.133. The van der Waals surface area contributed by atoms with Crippen molar-refractivity contribution in [3.05, 3.63) is 29.8 Å². The molecular weight excluding hydrogens is 373 g/mol. The number of carbonyl (C=O) groups excluding carboxylic acids is 2. The number of thioether (sulfide) groups is 2. The zero-order chi connectivity index (χ0) is 18.0. The molecule has 2 amide bonds. The van der Waals surface area contributed by atoms with Gasteiger partial charge in [-0.3, -0.25) is 9.59 Å². The van der Waals surface area contributed by atoms with Crippen molar-refractivity contribution in [2.75, 3.05) is 24.7 Å². The Labute approximate surface area is 152 Å². The summed E-state index contributed by atoms with van der Waals surface area (Å²) in [5, 5.41) is 0. The Hall–Kier alpha value is -1.35. The number of alkyl halides is 3. The first-order valence-electron chi connectivity index (χ1n) is 7.88. The molecule has 1 aromatic carbocycles. The zero-order valence-electron chi connectivity index (χ0n) is 13.3. The molecule has 1 unspecified atom stereocenters. The standard InChI is InChI=1S/C16H17F3N2O2S2/c17-16(18,19)25-12-5-3-11(4-6-12)14(22)21-10-24-9-13(21)15(23)20-7-1-2-8-20/h3-6,13H,1-2,7-10H2. The molecule has 2 fully saturated rings. The fourth-order valence-corrected chi connectivity index (χ4v) is 4.65. The second-order valence-electron chi connectivity index (χ2n) is 5.90. The van der Waals surface area contributed by atoms with Gasteiger partial charge in [-0.25, -0.2) is 0 Å². The monoisotopic (exact) mass is 390 g/mol. The van der Waals surface area contributed by atoms with Crippen molar-refractivity contribution in [3.63, 3.8) is 0 Å². The van der Waals surface area contributed by atoms with E-state index < -0.39 is 11.6 Å². The summed E-state index contributed by atoms with van der Waals surface area (Å²) >= 11 is 1.30. The Balaban J connectivity index is 1.69. The number of hydrogen-bond donors (Lipinski definition) is 0. The van der Waals surface area contributed by atoms with Crippen LogP contribution in [0.4, 0.5) is 13.2 Å². The normalized spacial score (nSPS) is 21.0. The number of hydrogen-bond acceptors (Lipinski definition) is 4.